The van der Waals surface area contributed by atoms with Crippen LogP contribution in [0.15, 0.2) is 0 Å². The highest BCUT2D eigenvalue weighted by atomic mass is 16.4. The SMILES string of the molecule is CCC(CNC(=O)NCCCCN(C)C)CC(=O)O. The summed E-state index contributed by atoms with van der Waals surface area (Å²) in [7, 11) is 4.04. The molecule has 6 heteroatoms. The van der Waals surface area contributed by atoms with Gasteiger partial charge >= 0.3 is 12.0 Å². The van der Waals surface area contributed by atoms with Gasteiger partial charge in [0, 0.05) is 19.5 Å². The summed E-state index contributed by atoms with van der Waals surface area (Å²) in [6.45, 7) is 4.00. The van der Waals surface area contributed by atoms with Crippen molar-refractivity contribution in [3.05, 3.63) is 0 Å². The molecule has 19 heavy (non-hydrogen) atoms. The molecule has 3 N–H and O–H groups in total. The fourth-order valence-corrected chi connectivity index (χ4v) is 1.66. The Morgan fingerprint density at radius 1 is 1.21 bits per heavy atom. The summed E-state index contributed by atoms with van der Waals surface area (Å²) in [5.74, 6) is -0.824. The molecule has 0 aliphatic heterocycles. The topological polar surface area (TPSA) is 81.7 Å². The Morgan fingerprint density at radius 3 is 2.42 bits per heavy atom. The van der Waals surface area contributed by atoms with Crippen molar-refractivity contribution >= 4 is 12.0 Å². The van der Waals surface area contributed by atoms with Crippen LogP contribution in [0.4, 0.5) is 4.79 Å². The fourth-order valence-electron chi connectivity index (χ4n) is 1.66. The zero-order chi connectivity index (χ0) is 14.7. The molecule has 0 fully saturated rings. The van der Waals surface area contributed by atoms with E-state index >= 15 is 0 Å². The van der Waals surface area contributed by atoms with Gasteiger partial charge in [-0.1, -0.05) is 13.3 Å². The first-order valence-corrected chi connectivity index (χ1v) is 6.84. The van der Waals surface area contributed by atoms with Crippen LogP contribution in [0.2, 0.25) is 0 Å². The predicted molar refractivity (Wildman–Crippen MR) is 75.2 cm³/mol. The number of unbranched alkanes of at least 4 members (excludes halogenated alkanes) is 1. The molecular weight excluding hydrogens is 246 g/mol. The van der Waals surface area contributed by atoms with Gasteiger partial charge in [-0.2, -0.15) is 0 Å². The molecular formula is C13H27N3O3. The van der Waals surface area contributed by atoms with Gasteiger partial charge in [-0.3, -0.25) is 4.79 Å². The van der Waals surface area contributed by atoms with E-state index in [0.29, 0.717) is 13.1 Å². The summed E-state index contributed by atoms with van der Waals surface area (Å²) in [5, 5.41) is 14.2. The number of aliphatic carboxylic acids is 1. The number of carbonyl (C=O) groups is 2. The second-order valence-electron chi connectivity index (χ2n) is 5.02. The number of carbonyl (C=O) groups excluding carboxylic acids is 1. The maximum absolute atomic E-state index is 11.5. The number of amides is 2. The van der Waals surface area contributed by atoms with Crippen molar-refractivity contribution in [3.63, 3.8) is 0 Å². The molecule has 0 spiro atoms. The molecule has 0 heterocycles. The minimum absolute atomic E-state index is 0.00279. The van der Waals surface area contributed by atoms with E-state index in [1.54, 1.807) is 0 Å². The number of rotatable bonds is 10. The summed E-state index contributed by atoms with van der Waals surface area (Å²) in [6, 6.07) is -0.214. The molecule has 2 amide bonds. The van der Waals surface area contributed by atoms with Crippen molar-refractivity contribution in [2.75, 3.05) is 33.7 Å². The second kappa shape index (κ2) is 10.6. The van der Waals surface area contributed by atoms with Gasteiger partial charge in [0.1, 0.15) is 0 Å². The van der Waals surface area contributed by atoms with Gasteiger partial charge in [-0.15, -0.1) is 0 Å². The zero-order valence-electron chi connectivity index (χ0n) is 12.2. The van der Waals surface area contributed by atoms with Crippen LogP contribution in [-0.2, 0) is 4.79 Å². The Bertz CT molecular complexity index is 270. The van der Waals surface area contributed by atoms with Crippen LogP contribution in [0.25, 0.3) is 0 Å². The molecule has 0 saturated carbocycles. The van der Waals surface area contributed by atoms with Crippen LogP contribution in [0.1, 0.15) is 32.6 Å². The summed E-state index contributed by atoms with van der Waals surface area (Å²) >= 11 is 0. The van der Waals surface area contributed by atoms with Crippen LogP contribution >= 0.6 is 0 Å². The van der Waals surface area contributed by atoms with Crippen LogP contribution in [0, 0.1) is 5.92 Å². The molecule has 1 atom stereocenters. The molecule has 6 nitrogen and oxygen atoms in total. The van der Waals surface area contributed by atoms with Gasteiger partial charge in [0.05, 0.1) is 0 Å². The monoisotopic (exact) mass is 273 g/mol. The zero-order valence-corrected chi connectivity index (χ0v) is 12.2. The van der Waals surface area contributed by atoms with E-state index in [1.165, 1.54) is 0 Å². The van der Waals surface area contributed by atoms with E-state index in [0.717, 1.165) is 25.8 Å². The lowest BCUT2D eigenvalue weighted by atomic mass is 10.0. The van der Waals surface area contributed by atoms with E-state index in [1.807, 2.05) is 21.0 Å². The minimum atomic E-state index is -0.822. The third-order valence-corrected chi connectivity index (χ3v) is 2.91. The third-order valence-electron chi connectivity index (χ3n) is 2.91. The quantitative estimate of drug-likeness (QED) is 0.521. The van der Waals surface area contributed by atoms with E-state index < -0.39 is 5.97 Å². The van der Waals surface area contributed by atoms with E-state index in [2.05, 4.69) is 15.5 Å². The lowest BCUT2D eigenvalue weighted by molar-refractivity contribution is -0.138. The summed E-state index contributed by atoms with van der Waals surface area (Å²) in [4.78, 5) is 24.2. The van der Waals surface area contributed by atoms with Gasteiger partial charge in [0.25, 0.3) is 0 Å². The molecule has 0 aromatic heterocycles. The Balaban J connectivity index is 3.60. The smallest absolute Gasteiger partial charge is 0.314 e. The van der Waals surface area contributed by atoms with Crippen molar-refractivity contribution in [2.24, 2.45) is 5.92 Å². The van der Waals surface area contributed by atoms with E-state index in [4.69, 9.17) is 5.11 Å². The molecule has 0 bridgehead atoms. The van der Waals surface area contributed by atoms with Crippen LogP contribution in [0.5, 0.6) is 0 Å². The van der Waals surface area contributed by atoms with Crippen molar-refractivity contribution in [3.8, 4) is 0 Å². The number of nitrogens with one attached hydrogen (secondary N) is 2. The second-order valence-corrected chi connectivity index (χ2v) is 5.02. The molecule has 0 aromatic carbocycles. The number of carboxylic acid groups (broad SMARTS) is 1. The van der Waals surface area contributed by atoms with Crippen molar-refractivity contribution in [1.29, 1.82) is 0 Å². The largest absolute Gasteiger partial charge is 0.481 e. The van der Waals surface area contributed by atoms with Gasteiger partial charge in [0.2, 0.25) is 0 Å². The van der Waals surface area contributed by atoms with Gasteiger partial charge in [-0.05, 0) is 39.4 Å². The highest BCUT2D eigenvalue weighted by Gasteiger charge is 2.12. The molecule has 0 aromatic rings. The molecule has 0 radical (unpaired) electrons. The fraction of sp³-hybridized carbons (Fsp3) is 0.846. The first kappa shape index (κ1) is 17.7. The first-order chi connectivity index (χ1) is 8.95. The van der Waals surface area contributed by atoms with Crippen molar-refractivity contribution in [2.45, 2.75) is 32.6 Å². The first-order valence-electron chi connectivity index (χ1n) is 6.84. The Kier molecular flexibility index (Phi) is 9.88. The molecule has 0 aliphatic rings. The average Bonchev–Trinajstić information content (AvgIpc) is 2.33. The number of nitrogens with zero attached hydrogens (tertiary/aromatic N) is 1. The molecule has 0 saturated heterocycles. The Labute approximate surface area is 115 Å². The normalized spacial score (nSPS) is 12.2. The van der Waals surface area contributed by atoms with Crippen LogP contribution in [0.3, 0.4) is 0 Å². The van der Waals surface area contributed by atoms with Crippen molar-refractivity contribution in [1.82, 2.24) is 15.5 Å². The summed E-state index contributed by atoms with van der Waals surface area (Å²) < 4.78 is 0. The standard InChI is InChI=1S/C13H27N3O3/c1-4-11(9-12(17)18)10-15-13(19)14-7-5-6-8-16(2)3/h11H,4-10H2,1-3H3,(H,17,18)(H2,14,15,19). The van der Waals surface area contributed by atoms with Crippen LogP contribution in [-0.4, -0.2) is 55.7 Å². The highest BCUT2D eigenvalue weighted by Crippen LogP contribution is 2.06. The summed E-state index contributed by atoms with van der Waals surface area (Å²) in [6.07, 6.45) is 2.83. The summed E-state index contributed by atoms with van der Waals surface area (Å²) in [5.41, 5.74) is 0. The maximum atomic E-state index is 11.5. The van der Waals surface area contributed by atoms with Crippen molar-refractivity contribution < 1.29 is 14.7 Å². The molecule has 0 aliphatic carbocycles. The lowest BCUT2D eigenvalue weighted by Gasteiger charge is -2.14. The maximum Gasteiger partial charge on any atom is 0.314 e. The van der Waals surface area contributed by atoms with E-state index in [-0.39, 0.29) is 18.4 Å². The lowest BCUT2D eigenvalue weighted by Crippen LogP contribution is -2.39. The highest BCUT2D eigenvalue weighted by molar-refractivity contribution is 5.74. The van der Waals surface area contributed by atoms with Gasteiger partial charge < -0.3 is 20.6 Å². The molecule has 112 valence electrons. The number of hydrogen-bond donors (Lipinski definition) is 3. The average molecular weight is 273 g/mol. The minimum Gasteiger partial charge on any atom is -0.481 e. The number of carboxylic acids is 1. The third kappa shape index (κ3) is 11.5. The van der Waals surface area contributed by atoms with Gasteiger partial charge in [-0.25, -0.2) is 4.79 Å². The van der Waals surface area contributed by atoms with Crippen LogP contribution < -0.4 is 10.6 Å². The Morgan fingerprint density at radius 2 is 1.89 bits per heavy atom. The molecule has 0 rings (SSSR count). The Hall–Kier alpha value is -1.30. The number of hydrogen-bond acceptors (Lipinski definition) is 3. The predicted octanol–water partition coefficient (Wildman–Crippen LogP) is 1.13. The van der Waals surface area contributed by atoms with E-state index in [9.17, 15) is 9.59 Å². The molecule has 1 unspecified atom stereocenters. The van der Waals surface area contributed by atoms with Gasteiger partial charge in [0.15, 0.2) is 0 Å². The number of urea groups is 1.